The highest BCUT2D eigenvalue weighted by atomic mass is 15.3. The summed E-state index contributed by atoms with van der Waals surface area (Å²) in [5.41, 5.74) is 0. The summed E-state index contributed by atoms with van der Waals surface area (Å²) in [7, 11) is 0. The van der Waals surface area contributed by atoms with Gasteiger partial charge in [0.2, 0.25) is 0 Å². The van der Waals surface area contributed by atoms with E-state index in [0.717, 1.165) is 18.8 Å². The van der Waals surface area contributed by atoms with Gasteiger partial charge in [-0.15, -0.1) is 10.2 Å². The maximum absolute atomic E-state index is 4.11. The second kappa shape index (κ2) is 2.29. The minimum absolute atomic E-state index is 0.653. The van der Waals surface area contributed by atoms with Crippen molar-refractivity contribution in [1.29, 1.82) is 0 Å². The third kappa shape index (κ3) is 0.876. The number of hydrogen-bond acceptors (Lipinski definition) is 3. The summed E-state index contributed by atoms with van der Waals surface area (Å²) in [6.45, 7) is 1.05. The van der Waals surface area contributed by atoms with Crippen LogP contribution >= 0.6 is 0 Å². The molecule has 2 bridgehead atoms. The summed E-state index contributed by atoms with van der Waals surface area (Å²) < 4.78 is 2.18. The molecule has 0 spiro atoms. The molecule has 0 aromatic carbocycles. The predicted octanol–water partition coefficient (Wildman–Crippen LogP) is -0.0452. The van der Waals surface area contributed by atoms with Gasteiger partial charge in [0.05, 0.1) is 0 Å². The van der Waals surface area contributed by atoms with Crippen LogP contribution in [0.15, 0.2) is 6.33 Å². The Hall–Kier alpha value is -0.900. The van der Waals surface area contributed by atoms with E-state index in [4.69, 9.17) is 0 Å². The fraction of sp³-hybridized carbons (Fsp3) is 0.750. The lowest BCUT2D eigenvalue weighted by Crippen LogP contribution is -2.30. The van der Waals surface area contributed by atoms with Crippen LogP contribution in [0.1, 0.15) is 18.7 Å². The Morgan fingerprint density at radius 2 is 2.33 bits per heavy atom. The van der Waals surface area contributed by atoms with Gasteiger partial charge in [-0.25, -0.2) is 0 Å². The van der Waals surface area contributed by atoms with E-state index in [0.29, 0.717) is 12.1 Å². The van der Waals surface area contributed by atoms with E-state index in [9.17, 15) is 0 Å². The van der Waals surface area contributed by atoms with Crippen LogP contribution in [0.5, 0.6) is 0 Å². The number of rotatable bonds is 0. The van der Waals surface area contributed by atoms with Crippen LogP contribution < -0.4 is 5.32 Å². The maximum atomic E-state index is 4.11. The zero-order valence-corrected chi connectivity index (χ0v) is 6.90. The fourth-order valence-corrected chi connectivity index (χ4v) is 2.25. The van der Waals surface area contributed by atoms with E-state index in [1.165, 1.54) is 12.8 Å². The summed E-state index contributed by atoms with van der Waals surface area (Å²) in [5, 5.41) is 11.6. The Kier molecular flexibility index (Phi) is 1.26. The van der Waals surface area contributed by atoms with Crippen molar-refractivity contribution < 1.29 is 0 Å². The smallest absolute Gasteiger partial charge is 0.134 e. The van der Waals surface area contributed by atoms with Crippen molar-refractivity contribution in [2.24, 2.45) is 0 Å². The number of nitrogens with zero attached hydrogens (tertiary/aromatic N) is 3. The topological polar surface area (TPSA) is 42.7 Å². The first kappa shape index (κ1) is 6.60. The molecule has 1 fully saturated rings. The Balaban J connectivity index is 2.00. The third-order valence-corrected chi connectivity index (χ3v) is 2.88. The molecular weight excluding hydrogens is 152 g/mol. The van der Waals surface area contributed by atoms with Gasteiger partial charge in [-0.1, -0.05) is 0 Å². The first-order valence-corrected chi connectivity index (χ1v) is 4.54. The number of aromatic nitrogens is 3. The predicted molar refractivity (Wildman–Crippen MR) is 43.7 cm³/mol. The summed E-state index contributed by atoms with van der Waals surface area (Å²) in [6.07, 6.45) is 5.51. The average Bonchev–Trinajstić information content (AvgIpc) is 2.59. The minimum atomic E-state index is 0.653. The molecular formula is C8H12N4. The van der Waals surface area contributed by atoms with Crippen LogP contribution in [0.2, 0.25) is 0 Å². The maximum Gasteiger partial charge on any atom is 0.134 e. The van der Waals surface area contributed by atoms with E-state index in [1.807, 2.05) is 6.33 Å². The Bertz CT molecular complexity index is 267. The van der Waals surface area contributed by atoms with Gasteiger partial charge >= 0.3 is 0 Å². The van der Waals surface area contributed by atoms with Crippen molar-refractivity contribution in [3.8, 4) is 0 Å². The Morgan fingerprint density at radius 1 is 1.42 bits per heavy atom. The lowest BCUT2D eigenvalue weighted by atomic mass is 10.1. The van der Waals surface area contributed by atoms with Crippen molar-refractivity contribution in [2.45, 2.75) is 37.9 Å². The molecule has 0 amide bonds. The molecule has 2 atom stereocenters. The molecule has 4 nitrogen and oxygen atoms in total. The van der Waals surface area contributed by atoms with Gasteiger partial charge < -0.3 is 9.88 Å². The van der Waals surface area contributed by atoms with E-state index >= 15 is 0 Å². The van der Waals surface area contributed by atoms with Crippen molar-refractivity contribution in [2.75, 3.05) is 0 Å². The van der Waals surface area contributed by atoms with Gasteiger partial charge in [-0.2, -0.15) is 0 Å². The summed E-state index contributed by atoms with van der Waals surface area (Å²) in [5.74, 6) is 1.15. The average molecular weight is 164 g/mol. The van der Waals surface area contributed by atoms with Crippen LogP contribution in [0, 0.1) is 0 Å². The molecule has 0 saturated carbocycles. The van der Waals surface area contributed by atoms with Crippen LogP contribution in [0.25, 0.3) is 0 Å². The van der Waals surface area contributed by atoms with Gasteiger partial charge in [-0.3, -0.25) is 0 Å². The van der Waals surface area contributed by atoms with E-state index in [2.05, 4.69) is 20.1 Å². The molecule has 1 saturated heterocycles. The lowest BCUT2D eigenvalue weighted by Gasteiger charge is -2.08. The highest BCUT2D eigenvalue weighted by Gasteiger charge is 2.29. The van der Waals surface area contributed by atoms with Gasteiger partial charge in [-0.05, 0) is 12.8 Å². The number of nitrogens with one attached hydrogen (secondary N) is 1. The van der Waals surface area contributed by atoms with Crippen LogP contribution in [-0.2, 0) is 13.0 Å². The molecule has 12 heavy (non-hydrogen) atoms. The van der Waals surface area contributed by atoms with E-state index in [1.54, 1.807) is 0 Å². The Labute approximate surface area is 71.0 Å². The highest BCUT2D eigenvalue weighted by molar-refractivity contribution is 4.99. The van der Waals surface area contributed by atoms with Crippen LogP contribution in [0.4, 0.5) is 0 Å². The lowest BCUT2D eigenvalue weighted by molar-refractivity contribution is 0.507. The first-order valence-electron chi connectivity index (χ1n) is 4.54. The molecule has 1 aromatic rings. The first-order chi connectivity index (χ1) is 5.92. The highest BCUT2D eigenvalue weighted by Crippen LogP contribution is 2.20. The number of fused-ring (bicyclic) bond motifs is 3. The third-order valence-electron chi connectivity index (χ3n) is 2.88. The molecule has 0 aliphatic carbocycles. The molecule has 2 unspecified atom stereocenters. The van der Waals surface area contributed by atoms with Crippen molar-refractivity contribution in [1.82, 2.24) is 20.1 Å². The molecule has 0 radical (unpaired) electrons. The van der Waals surface area contributed by atoms with Crippen LogP contribution in [-0.4, -0.2) is 26.8 Å². The van der Waals surface area contributed by atoms with Gasteiger partial charge in [0, 0.05) is 25.0 Å². The molecule has 1 N–H and O–H groups in total. The quantitative estimate of drug-likeness (QED) is 0.585. The van der Waals surface area contributed by atoms with Crippen LogP contribution in [0.3, 0.4) is 0 Å². The summed E-state index contributed by atoms with van der Waals surface area (Å²) in [4.78, 5) is 0. The Morgan fingerprint density at radius 3 is 3.33 bits per heavy atom. The second-order valence-corrected chi connectivity index (χ2v) is 3.74. The molecule has 64 valence electrons. The van der Waals surface area contributed by atoms with Crippen molar-refractivity contribution in [3.05, 3.63) is 12.2 Å². The molecule has 4 heteroatoms. The standard InChI is InChI=1S/C8H12N4/c1-2-7-4-12-5-9-11-8(12)3-6(1)10-7/h5-7,10H,1-4H2. The van der Waals surface area contributed by atoms with E-state index < -0.39 is 0 Å². The number of hydrogen-bond donors (Lipinski definition) is 1. The zero-order chi connectivity index (χ0) is 7.97. The van der Waals surface area contributed by atoms with Crippen molar-refractivity contribution in [3.63, 3.8) is 0 Å². The van der Waals surface area contributed by atoms with Gasteiger partial charge in [0.25, 0.3) is 0 Å². The minimum Gasteiger partial charge on any atom is -0.316 e. The molecule has 2 aliphatic heterocycles. The molecule has 3 rings (SSSR count). The SMILES string of the molecule is c1nnc2n1CC1CCC(C2)N1. The second-order valence-electron chi connectivity index (χ2n) is 3.74. The van der Waals surface area contributed by atoms with Gasteiger partial charge in [0.15, 0.2) is 0 Å². The molecule has 1 aromatic heterocycles. The molecule has 2 aliphatic rings. The summed E-state index contributed by atoms with van der Waals surface area (Å²) >= 11 is 0. The van der Waals surface area contributed by atoms with Crippen molar-refractivity contribution >= 4 is 0 Å². The molecule has 3 heterocycles. The van der Waals surface area contributed by atoms with Gasteiger partial charge in [0.1, 0.15) is 12.2 Å². The monoisotopic (exact) mass is 164 g/mol. The zero-order valence-electron chi connectivity index (χ0n) is 6.90. The fourth-order valence-electron chi connectivity index (χ4n) is 2.25. The largest absolute Gasteiger partial charge is 0.316 e. The van der Waals surface area contributed by atoms with E-state index in [-0.39, 0.29) is 0 Å². The summed E-state index contributed by atoms with van der Waals surface area (Å²) in [6, 6.07) is 1.31. The normalized spacial score (nSPS) is 33.0.